The van der Waals surface area contributed by atoms with Gasteiger partial charge in [0.2, 0.25) is 0 Å². The SMILES string of the molecule is NCC1CCc2nc(-c3ccccc3Br)[nH]c2C1. The van der Waals surface area contributed by atoms with Crippen LogP contribution < -0.4 is 5.73 Å². The third-order valence-corrected chi connectivity index (χ3v) is 4.30. The topological polar surface area (TPSA) is 54.7 Å². The van der Waals surface area contributed by atoms with Gasteiger partial charge in [-0.25, -0.2) is 4.98 Å². The summed E-state index contributed by atoms with van der Waals surface area (Å²) in [6, 6.07) is 8.17. The Morgan fingerprint density at radius 1 is 1.39 bits per heavy atom. The molecule has 3 N–H and O–H groups in total. The van der Waals surface area contributed by atoms with E-state index in [0.29, 0.717) is 5.92 Å². The molecule has 1 aliphatic carbocycles. The number of aryl methyl sites for hydroxylation is 1. The number of aromatic nitrogens is 2. The largest absolute Gasteiger partial charge is 0.342 e. The van der Waals surface area contributed by atoms with Crippen LogP contribution in [0.1, 0.15) is 17.8 Å². The van der Waals surface area contributed by atoms with Crippen molar-refractivity contribution in [3.05, 3.63) is 40.1 Å². The first-order chi connectivity index (χ1) is 8.78. The van der Waals surface area contributed by atoms with Crippen molar-refractivity contribution in [1.29, 1.82) is 0 Å². The number of rotatable bonds is 2. The maximum atomic E-state index is 5.76. The quantitative estimate of drug-likeness (QED) is 0.896. The van der Waals surface area contributed by atoms with Gasteiger partial charge in [0.15, 0.2) is 0 Å². The van der Waals surface area contributed by atoms with Gasteiger partial charge >= 0.3 is 0 Å². The van der Waals surface area contributed by atoms with Crippen molar-refractivity contribution in [3.8, 4) is 11.4 Å². The molecule has 0 saturated carbocycles. The van der Waals surface area contributed by atoms with Gasteiger partial charge in [0, 0.05) is 15.7 Å². The second kappa shape index (κ2) is 4.86. The lowest BCUT2D eigenvalue weighted by Gasteiger charge is -2.18. The van der Waals surface area contributed by atoms with Gasteiger partial charge in [0.25, 0.3) is 0 Å². The van der Waals surface area contributed by atoms with Crippen molar-refractivity contribution in [3.63, 3.8) is 0 Å². The number of nitrogens with two attached hydrogens (primary N) is 1. The lowest BCUT2D eigenvalue weighted by molar-refractivity contribution is 0.461. The van der Waals surface area contributed by atoms with Crippen LogP contribution in [0.2, 0.25) is 0 Å². The molecule has 0 spiro atoms. The third-order valence-electron chi connectivity index (χ3n) is 3.61. The van der Waals surface area contributed by atoms with E-state index in [4.69, 9.17) is 10.7 Å². The van der Waals surface area contributed by atoms with Crippen molar-refractivity contribution in [2.75, 3.05) is 6.54 Å². The fourth-order valence-electron chi connectivity index (χ4n) is 2.53. The Hall–Kier alpha value is -1.13. The molecule has 2 aromatic rings. The predicted octanol–water partition coefficient (Wildman–Crippen LogP) is 2.90. The molecule has 3 nitrogen and oxygen atoms in total. The standard InChI is InChI=1S/C14H16BrN3/c15-11-4-2-1-3-10(11)14-17-12-6-5-9(8-16)7-13(12)18-14/h1-4,9H,5-8,16H2,(H,17,18). The summed E-state index contributed by atoms with van der Waals surface area (Å²) in [5.41, 5.74) is 9.36. The number of halogens is 1. The van der Waals surface area contributed by atoms with Gasteiger partial charge in [-0.2, -0.15) is 0 Å². The Morgan fingerprint density at radius 2 is 2.22 bits per heavy atom. The number of hydrogen-bond donors (Lipinski definition) is 2. The number of nitrogens with one attached hydrogen (secondary N) is 1. The zero-order valence-corrected chi connectivity index (χ0v) is 11.7. The Morgan fingerprint density at radius 3 is 3.00 bits per heavy atom. The fraction of sp³-hybridized carbons (Fsp3) is 0.357. The Kier molecular flexibility index (Phi) is 3.22. The highest BCUT2D eigenvalue weighted by Crippen LogP contribution is 2.30. The smallest absolute Gasteiger partial charge is 0.138 e. The van der Waals surface area contributed by atoms with Crippen LogP contribution in [0.15, 0.2) is 28.7 Å². The highest BCUT2D eigenvalue weighted by atomic mass is 79.9. The molecular weight excluding hydrogens is 290 g/mol. The van der Waals surface area contributed by atoms with Gasteiger partial charge < -0.3 is 10.7 Å². The summed E-state index contributed by atoms with van der Waals surface area (Å²) in [6.45, 7) is 0.767. The zero-order chi connectivity index (χ0) is 12.5. The maximum Gasteiger partial charge on any atom is 0.138 e. The van der Waals surface area contributed by atoms with Crippen LogP contribution >= 0.6 is 15.9 Å². The second-order valence-corrected chi connectivity index (χ2v) is 5.69. The summed E-state index contributed by atoms with van der Waals surface area (Å²) in [7, 11) is 0. The molecule has 1 heterocycles. The minimum absolute atomic E-state index is 0.602. The highest BCUT2D eigenvalue weighted by molar-refractivity contribution is 9.10. The lowest BCUT2D eigenvalue weighted by atomic mass is 9.90. The van der Waals surface area contributed by atoms with Crippen LogP contribution in [0.5, 0.6) is 0 Å². The number of H-pyrrole nitrogens is 1. The van der Waals surface area contributed by atoms with E-state index in [1.54, 1.807) is 0 Å². The summed E-state index contributed by atoms with van der Waals surface area (Å²) in [5, 5.41) is 0. The summed E-state index contributed by atoms with van der Waals surface area (Å²) in [4.78, 5) is 8.18. The number of aromatic amines is 1. The normalized spacial score (nSPS) is 18.7. The molecule has 0 radical (unpaired) electrons. The predicted molar refractivity (Wildman–Crippen MR) is 76.3 cm³/mol. The molecule has 0 amide bonds. The second-order valence-electron chi connectivity index (χ2n) is 4.84. The number of imidazole rings is 1. The molecule has 1 unspecified atom stereocenters. The van der Waals surface area contributed by atoms with E-state index in [1.807, 2.05) is 18.2 Å². The maximum absolute atomic E-state index is 5.76. The van der Waals surface area contributed by atoms with Gasteiger partial charge in [-0.3, -0.25) is 0 Å². The average Bonchev–Trinajstić information content (AvgIpc) is 2.81. The van der Waals surface area contributed by atoms with Crippen LogP contribution in [-0.4, -0.2) is 16.5 Å². The van der Waals surface area contributed by atoms with Gasteiger partial charge in [-0.05, 0) is 37.8 Å². The van der Waals surface area contributed by atoms with Crippen molar-refractivity contribution in [2.24, 2.45) is 11.7 Å². The molecule has 18 heavy (non-hydrogen) atoms. The van der Waals surface area contributed by atoms with Crippen LogP contribution in [-0.2, 0) is 12.8 Å². The molecule has 94 valence electrons. The summed E-state index contributed by atoms with van der Waals surface area (Å²) < 4.78 is 1.08. The summed E-state index contributed by atoms with van der Waals surface area (Å²) in [6.07, 6.45) is 3.23. The van der Waals surface area contributed by atoms with E-state index in [2.05, 4.69) is 27.0 Å². The molecule has 0 saturated heterocycles. The fourth-order valence-corrected chi connectivity index (χ4v) is 3.01. The number of nitrogens with zero attached hydrogens (tertiary/aromatic N) is 1. The van der Waals surface area contributed by atoms with Crippen molar-refractivity contribution < 1.29 is 0 Å². The molecule has 1 aliphatic rings. The lowest BCUT2D eigenvalue weighted by Crippen LogP contribution is -2.22. The van der Waals surface area contributed by atoms with E-state index >= 15 is 0 Å². The highest BCUT2D eigenvalue weighted by Gasteiger charge is 2.21. The molecule has 0 aliphatic heterocycles. The Bertz CT molecular complexity index is 562. The van der Waals surface area contributed by atoms with Crippen LogP contribution in [0.4, 0.5) is 0 Å². The van der Waals surface area contributed by atoms with E-state index < -0.39 is 0 Å². The van der Waals surface area contributed by atoms with Gasteiger partial charge in [0.1, 0.15) is 5.82 Å². The van der Waals surface area contributed by atoms with E-state index in [9.17, 15) is 0 Å². The molecule has 1 aromatic carbocycles. The molecular formula is C14H16BrN3. The van der Waals surface area contributed by atoms with E-state index in [0.717, 1.165) is 41.7 Å². The first-order valence-electron chi connectivity index (χ1n) is 6.30. The minimum atomic E-state index is 0.602. The van der Waals surface area contributed by atoms with Crippen molar-refractivity contribution in [1.82, 2.24) is 9.97 Å². The van der Waals surface area contributed by atoms with Gasteiger partial charge in [-0.15, -0.1) is 0 Å². The van der Waals surface area contributed by atoms with E-state index in [-0.39, 0.29) is 0 Å². The summed E-state index contributed by atoms with van der Waals surface area (Å²) >= 11 is 3.57. The van der Waals surface area contributed by atoms with Crippen molar-refractivity contribution >= 4 is 15.9 Å². The molecule has 4 heteroatoms. The number of fused-ring (bicyclic) bond motifs is 1. The Labute approximate surface area is 115 Å². The number of hydrogen-bond acceptors (Lipinski definition) is 2. The van der Waals surface area contributed by atoms with Crippen LogP contribution in [0, 0.1) is 5.92 Å². The molecule has 3 rings (SSSR count). The number of benzene rings is 1. The van der Waals surface area contributed by atoms with Crippen LogP contribution in [0.3, 0.4) is 0 Å². The Balaban J connectivity index is 1.97. The van der Waals surface area contributed by atoms with Crippen LogP contribution in [0.25, 0.3) is 11.4 Å². The third kappa shape index (κ3) is 2.10. The van der Waals surface area contributed by atoms with Crippen molar-refractivity contribution in [2.45, 2.75) is 19.3 Å². The monoisotopic (exact) mass is 305 g/mol. The van der Waals surface area contributed by atoms with Gasteiger partial charge in [0.05, 0.1) is 5.69 Å². The molecule has 0 bridgehead atoms. The first kappa shape index (κ1) is 11.9. The molecule has 1 atom stereocenters. The molecule has 1 aromatic heterocycles. The van der Waals surface area contributed by atoms with E-state index in [1.165, 1.54) is 11.4 Å². The van der Waals surface area contributed by atoms with Gasteiger partial charge in [-0.1, -0.05) is 34.1 Å². The summed E-state index contributed by atoms with van der Waals surface area (Å²) in [5.74, 6) is 1.56. The first-order valence-corrected chi connectivity index (χ1v) is 7.10. The zero-order valence-electron chi connectivity index (χ0n) is 10.1. The average molecular weight is 306 g/mol. The molecule has 0 fully saturated rings. The minimum Gasteiger partial charge on any atom is -0.342 e.